The maximum atomic E-state index is 11.8. The Hall–Kier alpha value is -1.80. The van der Waals surface area contributed by atoms with Gasteiger partial charge in [0.1, 0.15) is 0 Å². The van der Waals surface area contributed by atoms with Crippen molar-refractivity contribution in [1.29, 1.82) is 0 Å². The Labute approximate surface area is 178 Å². The van der Waals surface area contributed by atoms with Gasteiger partial charge < -0.3 is 20.7 Å². The highest BCUT2D eigenvalue weighted by molar-refractivity contribution is 7.07. The van der Waals surface area contributed by atoms with Gasteiger partial charge in [-0.15, -0.1) is 0 Å². The van der Waals surface area contributed by atoms with Gasteiger partial charge in [-0.05, 0) is 67.8 Å². The number of carbonyl (C=O) groups excluding carboxylic acids is 1. The second kappa shape index (κ2) is 11.4. The number of alkyl carbamates (subject to hydrolysis) is 1. The molecular formula is C21H35N5O2S. The Bertz CT molecular complexity index is 640. The molecule has 1 aliphatic carbocycles. The zero-order valence-electron chi connectivity index (χ0n) is 17.7. The fourth-order valence-corrected chi connectivity index (χ4v) is 4.37. The maximum absolute atomic E-state index is 11.8. The number of aliphatic imine (C=N–C) groups is 1. The highest BCUT2D eigenvalue weighted by atomic mass is 32.1. The van der Waals surface area contributed by atoms with E-state index in [9.17, 15) is 4.79 Å². The molecular weight excluding hydrogens is 386 g/mol. The van der Waals surface area contributed by atoms with E-state index in [0.29, 0.717) is 25.1 Å². The first-order chi connectivity index (χ1) is 14.2. The fourth-order valence-electron chi connectivity index (χ4n) is 3.71. The molecule has 2 aliphatic rings. The van der Waals surface area contributed by atoms with Crippen LogP contribution in [0.3, 0.4) is 0 Å². The summed E-state index contributed by atoms with van der Waals surface area (Å²) in [4.78, 5) is 19.1. The third-order valence-electron chi connectivity index (χ3n) is 5.47. The number of amides is 1. The monoisotopic (exact) mass is 421 g/mol. The van der Waals surface area contributed by atoms with Crippen LogP contribution in [0.25, 0.3) is 0 Å². The average Bonchev–Trinajstić information content (AvgIpc) is 3.43. The molecule has 1 aliphatic heterocycles. The molecule has 162 valence electrons. The molecule has 1 unspecified atom stereocenters. The van der Waals surface area contributed by atoms with Crippen molar-refractivity contribution in [3.8, 4) is 0 Å². The van der Waals surface area contributed by atoms with Gasteiger partial charge >= 0.3 is 6.09 Å². The van der Waals surface area contributed by atoms with Gasteiger partial charge in [-0.25, -0.2) is 4.79 Å². The Morgan fingerprint density at radius 3 is 2.72 bits per heavy atom. The minimum absolute atomic E-state index is 0.0527. The Kier molecular flexibility index (Phi) is 8.61. The summed E-state index contributed by atoms with van der Waals surface area (Å²) in [5, 5.41) is 14.3. The summed E-state index contributed by atoms with van der Waals surface area (Å²) >= 11 is 1.77. The van der Waals surface area contributed by atoms with Gasteiger partial charge in [0.25, 0.3) is 0 Å². The summed E-state index contributed by atoms with van der Waals surface area (Å²) in [5.41, 5.74) is 1.41. The number of guanidine groups is 1. The van der Waals surface area contributed by atoms with Gasteiger partial charge in [-0.2, -0.15) is 11.3 Å². The van der Waals surface area contributed by atoms with Gasteiger partial charge in [-0.1, -0.05) is 0 Å². The molecule has 1 atom stereocenters. The van der Waals surface area contributed by atoms with Crippen LogP contribution in [0.4, 0.5) is 4.79 Å². The molecule has 29 heavy (non-hydrogen) atoms. The van der Waals surface area contributed by atoms with Crippen LogP contribution in [0.5, 0.6) is 0 Å². The van der Waals surface area contributed by atoms with Crippen molar-refractivity contribution >= 4 is 23.4 Å². The molecule has 0 radical (unpaired) electrons. The first-order valence-electron chi connectivity index (χ1n) is 10.9. The van der Waals surface area contributed by atoms with Crippen LogP contribution in [0.1, 0.15) is 45.1 Å². The van der Waals surface area contributed by atoms with Gasteiger partial charge in [0.2, 0.25) is 0 Å². The molecule has 1 amide bonds. The molecule has 0 spiro atoms. The number of hydrogen-bond acceptors (Lipinski definition) is 5. The van der Waals surface area contributed by atoms with E-state index in [4.69, 9.17) is 9.73 Å². The van der Waals surface area contributed by atoms with E-state index in [-0.39, 0.29) is 12.1 Å². The lowest BCUT2D eigenvalue weighted by Crippen LogP contribution is -2.49. The van der Waals surface area contributed by atoms with Gasteiger partial charge in [0, 0.05) is 32.2 Å². The number of piperidine rings is 1. The molecule has 3 N–H and O–H groups in total. The number of likely N-dealkylation sites (tertiary alicyclic amines) is 1. The Morgan fingerprint density at radius 1 is 1.31 bits per heavy atom. The van der Waals surface area contributed by atoms with Crippen LogP contribution in [0.2, 0.25) is 0 Å². The number of carbonyl (C=O) groups is 1. The van der Waals surface area contributed by atoms with Crippen LogP contribution in [0, 0.1) is 5.92 Å². The standard InChI is InChI=1S/C21H35N5O2S/c1-3-22-20(23-13-19(17-5-6-17)25-21(27)28-4-2)24-18-7-10-26(11-8-18)14-16-9-12-29-15-16/h9,12,15,17-19H,3-8,10-11,13-14H2,1-2H3,(H,25,27)(H2,22,23,24). The fraction of sp³-hybridized carbons (Fsp3) is 0.714. The predicted molar refractivity (Wildman–Crippen MR) is 118 cm³/mol. The van der Waals surface area contributed by atoms with Gasteiger partial charge in [-0.3, -0.25) is 9.89 Å². The highest BCUT2D eigenvalue weighted by Crippen LogP contribution is 2.32. The van der Waals surface area contributed by atoms with Crippen LogP contribution >= 0.6 is 11.3 Å². The van der Waals surface area contributed by atoms with Crippen molar-refractivity contribution < 1.29 is 9.53 Å². The molecule has 3 rings (SSSR count). The summed E-state index contributed by atoms with van der Waals surface area (Å²) in [7, 11) is 0. The minimum atomic E-state index is -0.337. The smallest absolute Gasteiger partial charge is 0.407 e. The summed E-state index contributed by atoms with van der Waals surface area (Å²) in [5.74, 6) is 1.37. The molecule has 1 saturated heterocycles. The lowest BCUT2D eigenvalue weighted by molar-refractivity contribution is 0.147. The van der Waals surface area contributed by atoms with Crippen LogP contribution in [0.15, 0.2) is 21.8 Å². The van der Waals surface area contributed by atoms with Gasteiger partial charge in [0.15, 0.2) is 5.96 Å². The van der Waals surface area contributed by atoms with Crippen molar-refractivity contribution in [2.45, 2.75) is 58.2 Å². The number of rotatable bonds is 9. The lowest BCUT2D eigenvalue weighted by Gasteiger charge is -2.33. The number of hydrogen-bond donors (Lipinski definition) is 3. The van der Waals surface area contributed by atoms with E-state index in [1.165, 1.54) is 5.56 Å². The van der Waals surface area contributed by atoms with Crippen molar-refractivity contribution in [2.24, 2.45) is 10.9 Å². The number of nitrogens with one attached hydrogen (secondary N) is 3. The molecule has 0 bridgehead atoms. The topological polar surface area (TPSA) is 78.0 Å². The lowest BCUT2D eigenvalue weighted by atomic mass is 10.0. The van der Waals surface area contributed by atoms with Crippen LogP contribution in [-0.4, -0.2) is 61.8 Å². The summed E-state index contributed by atoms with van der Waals surface area (Å²) in [6.45, 7) is 8.94. The van der Waals surface area contributed by atoms with E-state index in [1.807, 2.05) is 6.92 Å². The number of nitrogens with zero attached hydrogens (tertiary/aromatic N) is 2. The molecule has 0 aromatic carbocycles. The van der Waals surface area contributed by atoms with Gasteiger partial charge in [0.05, 0.1) is 19.2 Å². The maximum Gasteiger partial charge on any atom is 0.407 e. The Balaban J connectivity index is 1.46. The highest BCUT2D eigenvalue weighted by Gasteiger charge is 2.32. The third-order valence-corrected chi connectivity index (χ3v) is 6.21. The first kappa shape index (κ1) is 21.9. The second-order valence-electron chi connectivity index (χ2n) is 7.85. The van der Waals surface area contributed by atoms with Crippen molar-refractivity contribution in [1.82, 2.24) is 20.9 Å². The predicted octanol–water partition coefficient (Wildman–Crippen LogP) is 2.79. The summed E-state index contributed by atoms with van der Waals surface area (Å²) in [6, 6.07) is 2.70. The van der Waals surface area contributed by atoms with Crippen molar-refractivity contribution in [3.05, 3.63) is 22.4 Å². The second-order valence-corrected chi connectivity index (χ2v) is 8.63. The van der Waals surface area contributed by atoms with E-state index in [1.54, 1.807) is 11.3 Å². The zero-order valence-corrected chi connectivity index (χ0v) is 18.5. The molecule has 2 heterocycles. The first-order valence-corrected chi connectivity index (χ1v) is 11.8. The van der Waals surface area contributed by atoms with E-state index in [0.717, 1.165) is 57.8 Å². The van der Waals surface area contributed by atoms with Crippen molar-refractivity contribution in [3.63, 3.8) is 0 Å². The third kappa shape index (κ3) is 7.51. The van der Waals surface area contributed by atoms with Crippen LogP contribution < -0.4 is 16.0 Å². The van der Waals surface area contributed by atoms with E-state index >= 15 is 0 Å². The molecule has 7 nitrogen and oxygen atoms in total. The normalized spacial score (nSPS) is 19.6. The molecule has 1 saturated carbocycles. The molecule has 8 heteroatoms. The summed E-state index contributed by atoms with van der Waals surface area (Å²) < 4.78 is 5.04. The molecule has 1 aromatic heterocycles. The number of thiophene rings is 1. The molecule has 2 fully saturated rings. The Morgan fingerprint density at radius 2 is 2.10 bits per heavy atom. The van der Waals surface area contributed by atoms with E-state index in [2.05, 4.69) is 44.6 Å². The van der Waals surface area contributed by atoms with E-state index < -0.39 is 0 Å². The van der Waals surface area contributed by atoms with Crippen molar-refractivity contribution in [2.75, 3.05) is 32.8 Å². The zero-order chi connectivity index (χ0) is 20.5. The number of ether oxygens (including phenoxy) is 1. The summed E-state index contributed by atoms with van der Waals surface area (Å²) in [6.07, 6.45) is 4.19. The minimum Gasteiger partial charge on any atom is -0.450 e. The SMILES string of the molecule is CCNC(=NCC(NC(=O)OCC)C1CC1)NC1CCN(Cc2ccsc2)CC1. The quantitative estimate of drug-likeness (QED) is 0.422. The largest absolute Gasteiger partial charge is 0.450 e. The molecule has 1 aromatic rings. The van der Waals surface area contributed by atoms with Crippen LogP contribution in [-0.2, 0) is 11.3 Å². The average molecular weight is 422 g/mol.